The van der Waals surface area contributed by atoms with E-state index in [9.17, 15) is 4.79 Å². The maximum Gasteiger partial charge on any atom is 0.222 e. The van der Waals surface area contributed by atoms with Gasteiger partial charge in [-0.3, -0.25) is 4.79 Å². The fourth-order valence-corrected chi connectivity index (χ4v) is 4.31. The fourth-order valence-electron chi connectivity index (χ4n) is 4.31. The molecule has 0 aliphatic carbocycles. The molecular formula is C20H41Cl2N3O. The van der Waals surface area contributed by atoms with Gasteiger partial charge in [-0.25, -0.2) is 0 Å². The molecule has 0 aromatic heterocycles. The van der Waals surface area contributed by atoms with Gasteiger partial charge in [-0.1, -0.05) is 20.3 Å². The van der Waals surface area contributed by atoms with Gasteiger partial charge < -0.3 is 15.1 Å². The Morgan fingerprint density at radius 3 is 2.35 bits per heavy atom. The molecule has 0 aromatic carbocycles. The molecule has 2 fully saturated rings. The Morgan fingerprint density at radius 1 is 1.15 bits per heavy atom. The summed E-state index contributed by atoms with van der Waals surface area (Å²) in [5.74, 6) is 2.45. The van der Waals surface area contributed by atoms with Crippen molar-refractivity contribution in [3.8, 4) is 0 Å². The van der Waals surface area contributed by atoms with E-state index in [4.69, 9.17) is 0 Å². The van der Waals surface area contributed by atoms with E-state index >= 15 is 0 Å². The van der Waals surface area contributed by atoms with Gasteiger partial charge in [0.15, 0.2) is 0 Å². The third-order valence-electron chi connectivity index (χ3n) is 6.12. The molecule has 0 saturated carbocycles. The minimum absolute atomic E-state index is 0. The number of amides is 1. The van der Waals surface area contributed by atoms with Crippen molar-refractivity contribution < 1.29 is 4.79 Å². The van der Waals surface area contributed by atoms with Gasteiger partial charge in [0, 0.05) is 26.1 Å². The lowest BCUT2D eigenvalue weighted by Crippen LogP contribution is -2.42. The SMILES string of the molecule is CCCCN(C)CC1CCN(C(=O)CC(C)C2CCNCC2)CC1.Cl.Cl. The molecule has 1 unspecified atom stereocenters. The van der Waals surface area contributed by atoms with Gasteiger partial charge in [-0.05, 0) is 76.5 Å². The quantitative estimate of drug-likeness (QED) is 0.661. The minimum atomic E-state index is 0. The number of nitrogens with one attached hydrogen (secondary N) is 1. The first-order chi connectivity index (χ1) is 11.6. The van der Waals surface area contributed by atoms with E-state index in [1.54, 1.807) is 0 Å². The first-order valence-corrected chi connectivity index (χ1v) is 10.3. The zero-order valence-electron chi connectivity index (χ0n) is 17.0. The number of carbonyl (C=O) groups is 1. The van der Waals surface area contributed by atoms with Crippen molar-refractivity contribution >= 4 is 30.7 Å². The highest BCUT2D eigenvalue weighted by molar-refractivity contribution is 5.85. The molecule has 1 atom stereocenters. The van der Waals surface area contributed by atoms with Crippen LogP contribution < -0.4 is 5.32 Å². The van der Waals surface area contributed by atoms with Crippen LogP contribution in [0, 0.1) is 17.8 Å². The monoisotopic (exact) mass is 409 g/mol. The van der Waals surface area contributed by atoms with Crippen LogP contribution in [-0.4, -0.2) is 62.0 Å². The molecule has 0 aromatic rings. The van der Waals surface area contributed by atoms with E-state index < -0.39 is 0 Å². The largest absolute Gasteiger partial charge is 0.343 e. The van der Waals surface area contributed by atoms with Crippen LogP contribution in [0.25, 0.3) is 0 Å². The second-order valence-corrected chi connectivity index (χ2v) is 8.21. The van der Waals surface area contributed by atoms with Gasteiger partial charge in [0.1, 0.15) is 0 Å². The predicted molar refractivity (Wildman–Crippen MR) is 116 cm³/mol. The maximum atomic E-state index is 12.6. The lowest BCUT2D eigenvalue weighted by molar-refractivity contribution is -0.134. The van der Waals surface area contributed by atoms with Gasteiger partial charge in [-0.15, -0.1) is 24.8 Å². The topological polar surface area (TPSA) is 35.6 Å². The second-order valence-electron chi connectivity index (χ2n) is 8.21. The molecule has 1 amide bonds. The molecule has 1 N–H and O–H groups in total. The third kappa shape index (κ3) is 8.77. The number of piperidine rings is 2. The molecule has 156 valence electrons. The first kappa shape index (κ1) is 26.0. The van der Waals surface area contributed by atoms with Gasteiger partial charge in [0.25, 0.3) is 0 Å². The summed E-state index contributed by atoms with van der Waals surface area (Å²) >= 11 is 0. The third-order valence-corrected chi connectivity index (χ3v) is 6.12. The molecule has 6 heteroatoms. The molecule has 0 bridgehead atoms. The summed E-state index contributed by atoms with van der Waals surface area (Å²) in [5, 5.41) is 3.42. The number of hydrogen-bond acceptors (Lipinski definition) is 3. The van der Waals surface area contributed by atoms with E-state index in [0.29, 0.717) is 11.8 Å². The molecule has 2 aliphatic heterocycles. The molecule has 2 saturated heterocycles. The highest BCUT2D eigenvalue weighted by Gasteiger charge is 2.27. The molecule has 26 heavy (non-hydrogen) atoms. The van der Waals surface area contributed by atoms with Crippen LogP contribution in [0.2, 0.25) is 0 Å². The van der Waals surface area contributed by atoms with Crippen LogP contribution in [0.5, 0.6) is 0 Å². The van der Waals surface area contributed by atoms with Crippen molar-refractivity contribution in [3.63, 3.8) is 0 Å². The van der Waals surface area contributed by atoms with Crippen LogP contribution >= 0.6 is 24.8 Å². The predicted octanol–water partition coefficient (Wildman–Crippen LogP) is 3.83. The van der Waals surface area contributed by atoms with Crippen molar-refractivity contribution in [1.29, 1.82) is 0 Å². The van der Waals surface area contributed by atoms with Crippen LogP contribution in [0.3, 0.4) is 0 Å². The maximum absolute atomic E-state index is 12.6. The molecule has 2 heterocycles. The molecule has 2 rings (SSSR count). The fraction of sp³-hybridized carbons (Fsp3) is 0.950. The van der Waals surface area contributed by atoms with Gasteiger partial charge in [0.05, 0.1) is 0 Å². The average Bonchev–Trinajstić information content (AvgIpc) is 2.61. The highest BCUT2D eigenvalue weighted by Crippen LogP contribution is 2.26. The Hall–Kier alpha value is -0.0300. The van der Waals surface area contributed by atoms with E-state index in [0.717, 1.165) is 44.4 Å². The number of likely N-dealkylation sites (tertiary alicyclic amines) is 1. The number of nitrogens with zero attached hydrogens (tertiary/aromatic N) is 2. The van der Waals surface area contributed by atoms with Crippen LogP contribution in [0.1, 0.15) is 58.8 Å². The second kappa shape index (κ2) is 14.0. The zero-order chi connectivity index (χ0) is 17.4. The van der Waals surface area contributed by atoms with Gasteiger partial charge >= 0.3 is 0 Å². The van der Waals surface area contributed by atoms with E-state index in [2.05, 4.69) is 36.0 Å². The Kier molecular flexibility index (Phi) is 14.0. The number of rotatable bonds is 8. The number of carbonyl (C=O) groups excluding carboxylic acids is 1. The lowest BCUT2D eigenvalue weighted by atomic mass is 9.83. The van der Waals surface area contributed by atoms with Gasteiger partial charge in [-0.2, -0.15) is 0 Å². The van der Waals surface area contributed by atoms with Crippen molar-refractivity contribution in [2.75, 3.05) is 46.3 Å². The Morgan fingerprint density at radius 2 is 1.77 bits per heavy atom. The molecule has 2 aliphatic rings. The summed E-state index contributed by atoms with van der Waals surface area (Å²) in [7, 11) is 2.24. The smallest absolute Gasteiger partial charge is 0.222 e. The summed E-state index contributed by atoms with van der Waals surface area (Å²) in [5.41, 5.74) is 0. The normalized spacial score (nSPS) is 20.4. The molecule has 0 spiro atoms. The summed E-state index contributed by atoms with van der Waals surface area (Å²) in [6.45, 7) is 11.2. The Bertz CT molecular complexity index is 370. The van der Waals surface area contributed by atoms with Crippen LogP contribution in [-0.2, 0) is 4.79 Å². The van der Waals surface area contributed by atoms with Crippen LogP contribution in [0.15, 0.2) is 0 Å². The van der Waals surface area contributed by atoms with Crippen molar-refractivity contribution in [2.24, 2.45) is 17.8 Å². The first-order valence-electron chi connectivity index (χ1n) is 10.3. The molecule has 4 nitrogen and oxygen atoms in total. The van der Waals surface area contributed by atoms with Crippen LogP contribution in [0.4, 0.5) is 0 Å². The summed E-state index contributed by atoms with van der Waals surface area (Å²) < 4.78 is 0. The lowest BCUT2D eigenvalue weighted by Gasteiger charge is -2.35. The van der Waals surface area contributed by atoms with Gasteiger partial charge in [0.2, 0.25) is 5.91 Å². The summed E-state index contributed by atoms with van der Waals surface area (Å²) in [6.07, 6.45) is 8.16. The van der Waals surface area contributed by atoms with Crippen molar-refractivity contribution in [1.82, 2.24) is 15.1 Å². The van der Waals surface area contributed by atoms with Crippen molar-refractivity contribution in [2.45, 2.75) is 58.8 Å². The Balaban J connectivity index is 0.00000312. The summed E-state index contributed by atoms with van der Waals surface area (Å²) in [4.78, 5) is 17.2. The number of unbranched alkanes of at least 4 members (excludes halogenated alkanes) is 1. The average molecular weight is 410 g/mol. The highest BCUT2D eigenvalue weighted by atomic mass is 35.5. The molecule has 0 radical (unpaired) electrons. The van der Waals surface area contributed by atoms with E-state index in [1.807, 2.05) is 0 Å². The van der Waals surface area contributed by atoms with E-state index in [1.165, 1.54) is 51.6 Å². The standard InChI is InChI=1S/C20H39N3O.2ClH/c1-4-5-12-22(3)16-18-8-13-23(14-9-18)20(24)15-17(2)19-6-10-21-11-7-19;;/h17-19,21H,4-16H2,1-3H3;2*1H. The van der Waals surface area contributed by atoms with Crippen molar-refractivity contribution in [3.05, 3.63) is 0 Å². The zero-order valence-corrected chi connectivity index (χ0v) is 18.7. The minimum Gasteiger partial charge on any atom is -0.343 e. The number of halogens is 2. The Labute approximate surface area is 173 Å². The van der Waals surface area contributed by atoms with E-state index in [-0.39, 0.29) is 24.8 Å². The number of hydrogen-bond donors (Lipinski definition) is 1. The molecular weight excluding hydrogens is 369 g/mol. The summed E-state index contributed by atoms with van der Waals surface area (Å²) in [6, 6.07) is 0.